The standard InChI is InChI=1S/C26H25Cl2N3O3S/c1-4-35(33,34)22-8-7-20(30-15-22)13-25(32)31-21-11-23(27)26(24(28)12-21)18-6-5-17(9-16(2)3)19(10-18)14-29/h5-8,10-12,15-16H,4,9,13H2,1-3H3,(H,31,32). The molecule has 0 saturated carbocycles. The number of benzene rings is 2. The van der Waals surface area contributed by atoms with Crippen LogP contribution >= 0.6 is 23.2 Å². The maximum Gasteiger partial charge on any atom is 0.230 e. The molecule has 0 spiro atoms. The molecular formula is C26H25Cl2N3O3S. The molecule has 0 bridgehead atoms. The maximum atomic E-state index is 12.5. The van der Waals surface area contributed by atoms with Crippen LogP contribution in [-0.4, -0.2) is 25.1 Å². The lowest BCUT2D eigenvalue weighted by molar-refractivity contribution is -0.115. The summed E-state index contributed by atoms with van der Waals surface area (Å²) in [4.78, 5) is 16.7. The summed E-state index contributed by atoms with van der Waals surface area (Å²) in [6.45, 7) is 5.75. The second-order valence-corrected chi connectivity index (χ2v) is 11.6. The fraction of sp³-hybridized carbons (Fsp3) is 0.269. The Labute approximate surface area is 215 Å². The number of carbonyl (C=O) groups excluding carboxylic acids is 1. The molecule has 0 saturated heterocycles. The van der Waals surface area contributed by atoms with E-state index in [2.05, 4.69) is 30.2 Å². The van der Waals surface area contributed by atoms with Crippen molar-refractivity contribution in [1.82, 2.24) is 4.98 Å². The molecule has 9 heteroatoms. The molecule has 0 atom stereocenters. The van der Waals surface area contributed by atoms with Crippen LogP contribution in [0.25, 0.3) is 11.1 Å². The molecule has 0 aliphatic rings. The smallest absolute Gasteiger partial charge is 0.230 e. The summed E-state index contributed by atoms with van der Waals surface area (Å²) in [6.07, 6.45) is 2.00. The number of carbonyl (C=O) groups is 1. The highest BCUT2D eigenvalue weighted by molar-refractivity contribution is 7.91. The van der Waals surface area contributed by atoms with Crippen LogP contribution in [0.15, 0.2) is 53.6 Å². The summed E-state index contributed by atoms with van der Waals surface area (Å²) in [5.74, 6) is 0.0418. The van der Waals surface area contributed by atoms with Crippen molar-refractivity contribution in [2.24, 2.45) is 5.92 Å². The first-order valence-corrected chi connectivity index (χ1v) is 13.4. The predicted octanol–water partition coefficient (Wildman–Crippen LogP) is 6.10. The van der Waals surface area contributed by atoms with Gasteiger partial charge in [-0.2, -0.15) is 5.26 Å². The van der Waals surface area contributed by atoms with Gasteiger partial charge in [0.05, 0.1) is 38.7 Å². The minimum Gasteiger partial charge on any atom is -0.326 e. The number of nitriles is 1. The van der Waals surface area contributed by atoms with Gasteiger partial charge in [0.15, 0.2) is 9.84 Å². The monoisotopic (exact) mass is 529 g/mol. The first-order valence-electron chi connectivity index (χ1n) is 11.0. The van der Waals surface area contributed by atoms with Crippen molar-refractivity contribution in [3.05, 3.63) is 75.5 Å². The largest absolute Gasteiger partial charge is 0.326 e. The van der Waals surface area contributed by atoms with Crippen molar-refractivity contribution in [1.29, 1.82) is 5.26 Å². The van der Waals surface area contributed by atoms with Gasteiger partial charge in [-0.3, -0.25) is 9.78 Å². The van der Waals surface area contributed by atoms with E-state index in [1.807, 2.05) is 12.1 Å². The predicted molar refractivity (Wildman–Crippen MR) is 139 cm³/mol. The second kappa shape index (κ2) is 11.2. The fourth-order valence-corrected chi connectivity index (χ4v) is 5.14. The Morgan fingerprint density at radius 1 is 1.11 bits per heavy atom. The van der Waals surface area contributed by atoms with E-state index in [-0.39, 0.29) is 23.0 Å². The van der Waals surface area contributed by atoms with E-state index in [1.54, 1.807) is 25.1 Å². The first-order chi connectivity index (χ1) is 16.5. The van der Waals surface area contributed by atoms with Crippen LogP contribution in [0, 0.1) is 17.2 Å². The number of amides is 1. The number of rotatable bonds is 8. The van der Waals surface area contributed by atoms with Crippen molar-refractivity contribution in [3.8, 4) is 17.2 Å². The molecule has 3 rings (SSSR count). The summed E-state index contributed by atoms with van der Waals surface area (Å²) in [6, 6.07) is 14.0. The quantitative estimate of drug-likeness (QED) is 0.379. The van der Waals surface area contributed by atoms with E-state index in [9.17, 15) is 18.5 Å². The van der Waals surface area contributed by atoms with Crippen molar-refractivity contribution in [3.63, 3.8) is 0 Å². The molecule has 0 radical (unpaired) electrons. The average Bonchev–Trinajstić information content (AvgIpc) is 2.79. The van der Waals surface area contributed by atoms with E-state index >= 15 is 0 Å². The number of halogens is 2. The lowest BCUT2D eigenvalue weighted by atomic mass is 9.94. The SMILES string of the molecule is CCS(=O)(=O)c1ccc(CC(=O)Nc2cc(Cl)c(-c3ccc(CC(C)C)c(C#N)c3)c(Cl)c2)nc1. The average molecular weight is 530 g/mol. The molecule has 1 aromatic heterocycles. The molecule has 0 fully saturated rings. The van der Waals surface area contributed by atoms with Crippen LogP contribution in [0.2, 0.25) is 10.0 Å². The molecule has 0 unspecified atom stereocenters. The maximum absolute atomic E-state index is 12.5. The Kier molecular flexibility index (Phi) is 8.55. The topological polar surface area (TPSA) is 99.9 Å². The lowest BCUT2D eigenvalue weighted by Gasteiger charge is -2.14. The number of hydrogen-bond acceptors (Lipinski definition) is 5. The lowest BCUT2D eigenvalue weighted by Crippen LogP contribution is -2.15. The summed E-state index contributed by atoms with van der Waals surface area (Å²) < 4.78 is 23.8. The van der Waals surface area contributed by atoms with Gasteiger partial charge < -0.3 is 5.32 Å². The van der Waals surface area contributed by atoms with Crippen LogP contribution in [-0.2, 0) is 27.5 Å². The minimum absolute atomic E-state index is 0.0219. The third-order valence-electron chi connectivity index (χ3n) is 5.35. The van der Waals surface area contributed by atoms with E-state index < -0.39 is 9.84 Å². The number of pyridine rings is 1. The van der Waals surface area contributed by atoms with Gasteiger partial charge in [0.2, 0.25) is 5.91 Å². The van der Waals surface area contributed by atoms with Gasteiger partial charge in [-0.1, -0.05) is 56.1 Å². The summed E-state index contributed by atoms with van der Waals surface area (Å²) in [5, 5.41) is 13.0. The minimum atomic E-state index is -3.35. The van der Waals surface area contributed by atoms with Crippen molar-refractivity contribution >= 4 is 44.6 Å². The zero-order valence-corrected chi connectivity index (χ0v) is 21.9. The molecule has 3 aromatic rings. The van der Waals surface area contributed by atoms with Crippen molar-refractivity contribution in [2.45, 2.75) is 38.5 Å². The molecule has 1 amide bonds. The Hall–Kier alpha value is -2.92. The van der Waals surface area contributed by atoms with Crippen molar-refractivity contribution in [2.75, 3.05) is 11.1 Å². The third-order valence-corrected chi connectivity index (χ3v) is 7.67. The van der Waals surface area contributed by atoms with Gasteiger partial charge in [0.25, 0.3) is 0 Å². The molecule has 182 valence electrons. The molecule has 1 N–H and O–H groups in total. The molecule has 2 aromatic carbocycles. The third kappa shape index (κ3) is 6.61. The second-order valence-electron chi connectivity index (χ2n) is 8.51. The van der Waals surface area contributed by atoms with Gasteiger partial charge in [-0.25, -0.2) is 8.42 Å². The molecule has 6 nitrogen and oxygen atoms in total. The Morgan fingerprint density at radius 3 is 2.34 bits per heavy atom. The number of aromatic nitrogens is 1. The van der Waals surface area contributed by atoms with E-state index in [0.29, 0.717) is 44.0 Å². The van der Waals surface area contributed by atoms with Crippen molar-refractivity contribution < 1.29 is 13.2 Å². The van der Waals surface area contributed by atoms with Crippen LogP contribution in [0.5, 0.6) is 0 Å². The van der Waals surface area contributed by atoms with Crippen LogP contribution in [0.4, 0.5) is 5.69 Å². The Morgan fingerprint density at radius 2 is 1.80 bits per heavy atom. The van der Waals surface area contributed by atoms with Gasteiger partial charge in [0, 0.05) is 23.1 Å². The number of anilines is 1. The fourth-order valence-electron chi connectivity index (χ4n) is 3.61. The van der Waals surface area contributed by atoms with Gasteiger partial charge >= 0.3 is 0 Å². The van der Waals surface area contributed by atoms with E-state index in [1.165, 1.54) is 18.3 Å². The van der Waals surface area contributed by atoms with E-state index in [4.69, 9.17) is 23.2 Å². The molecular weight excluding hydrogens is 505 g/mol. The zero-order chi connectivity index (χ0) is 25.8. The molecule has 0 aliphatic heterocycles. The first kappa shape index (κ1) is 26.7. The van der Waals surface area contributed by atoms with Gasteiger partial charge in [0.1, 0.15) is 0 Å². The van der Waals surface area contributed by atoms with E-state index in [0.717, 1.165) is 12.0 Å². The number of hydrogen-bond donors (Lipinski definition) is 1. The number of nitrogens with one attached hydrogen (secondary N) is 1. The molecule has 35 heavy (non-hydrogen) atoms. The highest BCUT2D eigenvalue weighted by Gasteiger charge is 2.16. The van der Waals surface area contributed by atoms with Gasteiger partial charge in [-0.15, -0.1) is 0 Å². The number of sulfone groups is 1. The molecule has 0 aliphatic carbocycles. The Bertz CT molecular complexity index is 1370. The zero-order valence-electron chi connectivity index (χ0n) is 19.6. The summed E-state index contributed by atoms with van der Waals surface area (Å²) >= 11 is 13.0. The van der Waals surface area contributed by atoms with Crippen LogP contribution in [0.3, 0.4) is 0 Å². The van der Waals surface area contributed by atoms with Gasteiger partial charge in [-0.05, 0) is 53.8 Å². The van der Waals surface area contributed by atoms with Crippen LogP contribution < -0.4 is 5.32 Å². The Balaban J connectivity index is 1.78. The number of nitrogens with zero attached hydrogens (tertiary/aromatic N) is 2. The summed E-state index contributed by atoms with van der Waals surface area (Å²) in [5.41, 5.74) is 3.68. The van der Waals surface area contributed by atoms with Crippen LogP contribution in [0.1, 0.15) is 37.6 Å². The highest BCUT2D eigenvalue weighted by Crippen LogP contribution is 2.38. The highest BCUT2D eigenvalue weighted by atomic mass is 35.5. The molecule has 1 heterocycles. The summed E-state index contributed by atoms with van der Waals surface area (Å²) in [7, 11) is -3.35. The normalized spacial score (nSPS) is 11.3.